The fourth-order valence-electron chi connectivity index (χ4n) is 2.21. The molecule has 1 fully saturated rings. The van der Waals surface area contributed by atoms with Gasteiger partial charge in [0.05, 0.1) is 0 Å². The molecule has 3 heteroatoms. The van der Waals surface area contributed by atoms with Gasteiger partial charge in [-0.3, -0.25) is 10.1 Å². The minimum atomic E-state index is -0.332. The molecule has 2 N–H and O–H groups in total. The van der Waals surface area contributed by atoms with Gasteiger partial charge in [-0.05, 0) is 45.4 Å². The van der Waals surface area contributed by atoms with E-state index in [-0.39, 0.29) is 17.9 Å². The largest absolute Gasteiger partial charge is 0.379 e. The molecule has 3 nitrogen and oxygen atoms in total. The SMILES string of the molecule is CC(=O)C(C)CCC1CCC(O)NC1C. The standard InChI is InChI=1S/C12H23NO2/c1-8(10(3)14)4-5-11-6-7-12(15)13-9(11)2/h8-9,11-13,15H,4-7H2,1-3H3. The lowest BCUT2D eigenvalue weighted by molar-refractivity contribution is -0.120. The zero-order valence-corrected chi connectivity index (χ0v) is 9.99. The van der Waals surface area contributed by atoms with Crippen LogP contribution in [0.3, 0.4) is 0 Å². The van der Waals surface area contributed by atoms with E-state index in [4.69, 9.17) is 0 Å². The maximum Gasteiger partial charge on any atom is 0.132 e. The number of carbonyl (C=O) groups is 1. The molecule has 15 heavy (non-hydrogen) atoms. The number of Topliss-reactive ketones (excluding diaryl/α,β-unsaturated/α-hetero) is 1. The molecule has 0 bridgehead atoms. The van der Waals surface area contributed by atoms with Crippen molar-refractivity contribution >= 4 is 5.78 Å². The molecule has 4 unspecified atom stereocenters. The Morgan fingerprint density at radius 1 is 1.53 bits per heavy atom. The second-order valence-electron chi connectivity index (χ2n) is 4.90. The van der Waals surface area contributed by atoms with Crippen molar-refractivity contribution in [2.75, 3.05) is 0 Å². The highest BCUT2D eigenvalue weighted by molar-refractivity contribution is 5.77. The van der Waals surface area contributed by atoms with Gasteiger partial charge in [0.25, 0.3) is 0 Å². The number of piperidine rings is 1. The van der Waals surface area contributed by atoms with Crippen LogP contribution in [-0.2, 0) is 4.79 Å². The van der Waals surface area contributed by atoms with Gasteiger partial charge in [0.1, 0.15) is 12.0 Å². The van der Waals surface area contributed by atoms with Crippen LogP contribution in [0.2, 0.25) is 0 Å². The highest BCUT2D eigenvalue weighted by Crippen LogP contribution is 2.25. The molecule has 4 atom stereocenters. The smallest absolute Gasteiger partial charge is 0.132 e. The molecular formula is C12H23NO2. The van der Waals surface area contributed by atoms with Crippen LogP contribution in [0.1, 0.15) is 46.5 Å². The van der Waals surface area contributed by atoms with E-state index >= 15 is 0 Å². The van der Waals surface area contributed by atoms with E-state index in [1.807, 2.05) is 6.92 Å². The molecule has 1 aliphatic heterocycles. The summed E-state index contributed by atoms with van der Waals surface area (Å²) >= 11 is 0. The molecule has 0 aromatic heterocycles. The molecule has 1 heterocycles. The normalized spacial score (nSPS) is 33.7. The van der Waals surface area contributed by atoms with Gasteiger partial charge in [-0.2, -0.15) is 0 Å². The van der Waals surface area contributed by atoms with E-state index in [1.165, 1.54) is 0 Å². The second kappa shape index (κ2) is 5.61. The van der Waals surface area contributed by atoms with Crippen molar-refractivity contribution in [2.24, 2.45) is 11.8 Å². The third-order valence-electron chi connectivity index (χ3n) is 3.64. The Bertz CT molecular complexity index is 218. The number of aliphatic hydroxyl groups excluding tert-OH is 1. The van der Waals surface area contributed by atoms with Crippen LogP contribution in [0.4, 0.5) is 0 Å². The summed E-state index contributed by atoms with van der Waals surface area (Å²) < 4.78 is 0. The Kier molecular flexibility index (Phi) is 4.74. The maximum absolute atomic E-state index is 11.1. The van der Waals surface area contributed by atoms with Crippen LogP contribution in [0.5, 0.6) is 0 Å². The van der Waals surface area contributed by atoms with Gasteiger partial charge < -0.3 is 5.11 Å². The van der Waals surface area contributed by atoms with Crippen LogP contribution in [0, 0.1) is 11.8 Å². The van der Waals surface area contributed by atoms with Crippen molar-refractivity contribution in [1.29, 1.82) is 0 Å². The summed E-state index contributed by atoms with van der Waals surface area (Å²) in [6, 6.07) is 0.368. The van der Waals surface area contributed by atoms with Crippen LogP contribution < -0.4 is 5.32 Å². The van der Waals surface area contributed by atoms with Crippen molar-refractivity contribution in [1.82, 2.24) is 5.32 Å². The van der Waals surface area contributed by atoms with E-state index in [2.05, 4.69) is 12.2 Å². The van der Waals surface area contributed by atoms with Crippen molar-refractivity contribution in [3.63, 3.8) is 0 Å². The summed E-state index contributed by atoms with van der Waals surface area (Å²) in [5.74, 6) is 1.07. The van der Waals surface area contributed by atoms with E-state index in [1.54, 1.807) is 6.92 Å². The first-order valence-electron chi connectivity index (χ1n) is 5.95. The Labute approximate surface area is 92.3 Å². The lowest BCUT2D eigenvalue weighted by atomic mass is 9.85. The first-order valence-corrected chi connectivity index (χ1v) is 5.95. The molecule has 0 spiro atoms. The monoisotopic (exact) mass is 213 g/mol. The first kappa shape index (κ1) is 12.7. The first-order chi connectivity index (χ1) is 7.00. The lowest BCUT2D eigenvalue weighted by Crippen LogP contribution is -2.45. The molecule has 1 rings (SSSR count). The van der Waals surface area contributed by atoms with Gasteiger partial charge in [0, 0.05) is 12.0 Å². The minimum absolute atomic E-state index is 0.184. The second-order valence-corrected chi connectivity index (χ2v) is 4.90. The number of hydrogen-bond acceptors (Lipinski definition) is 3. The summed E-state index contributed by atoms with van der Waals surface area (Å²) in [4.78, 5) is 11.1. The summed E-state index contributed by atoms with van der Waals surface area (Å²) in [6.45, 7) is 5.78. The van der Waals surface area contributed by atoms with Gasteiger partial charge >= 0.3 is 0 Å². The van der Waals surface area contributed by atoms with Crippen molar-refractivity contribution in [3.05, 3.63) is 0 Å². The Hall–Kier alpha value is -0.410. The van der Waals surface area contributed by atoms with Crippen LogP contribution in [0.15, 0.2) is 0 Å². The van der Waals surface area contributed by atoms with Gasteiger partial charge in [-0.1, -0.05) is 6.92 Å². The summed E-state index contributed by atoms with van der Waals surface area (Å²) in [7, 11) is 0. The van der Waals surface area contributed by atoms with Crippen molar-refractivity contribution < 1.29 is 9.90 Å². The fraction of sp³-hybridized carbons (Fsp3) is 0.917. The third kappa shape index (κ3) is 3.92. The number of ketones is 1. The van der Waals surface area contributed by atoms with Crippen LogP contribution >= 0.6 is 0 Å². The quantitative estimate of drug-likeness (QED) is 0.747. The number of aliphatic hydroxyl groups is 1. The van der Waals surface area contributed by atoms with Crippen molar-refractivity contribution in [2.45, 2.75) is 58.7 Å². The average molecular weight is 213 g/mol. The van der Waals surface area contributed by atoms with Crippen molar-refractivity contribution in [3.8, 4) is 0 Å². The summed E-state index contributed by atoms with van der Waals surface area (Å²) in [5.41, 5.74) is 0. The van der Waals surface area contributed by atoms with E-state index in [0.29, 0.717) is 12.0 Å². The molecule has 0 aliphatic carbocycles. The fourth-order valence-corrected chi connectivity index (χ4v) is 2.21. The molecule has 1 aliphatic rings. The Morgan fingerprint density at radius 3 is 2.73 bits per heavy atom. The number of carbonyl (C=O) groups excluding carboxylic acids is 1. The molecule has 0 aromatic rings. The van der Waals surface area contributed by atoms with E-state index < -0.39 is 0 Å². The highest BCUT2D eigenvalue weighted by atomic mass is 16.3. The van der Waals surface area contributed by atoms with Gasteiger partial charge in [0.15, 0.2) is 0 Å². The summed E-state index contributed by atoms with van der Waals surface area (Å²) in [6.07, 6.45) is 3.63. The number of rotatable bonds is 4. The van der Waals surface area contributed by atoms with E-state index in [9.17, 15) is 9.90 Å². The third-order valence-corrected chi connectivity index (χ3v) is 3.64. The topological polar surface area (TPSA) is 49.3 Å². The van der Waals surface area contributed by atoms with E-state index in [0.717, 1.165) is 25.7 Å². The molecule has 0 radical (unpaired) electrons. The summed E-state index contributed by atoms with van der Waals surface area (Å²) in [5, 5.41) is 12.6. The predicted molar refractivity (Wildman–Crippen MR) is 60.4 cm³/mol. The van der Waals surface area contributed by atoms with Crippen LogP contribution in [-0.4, -0.2) is 23.2 Å². The predicted octanol–water partition coefficient (Wildman–Crippen LogP) is 1.70. The highest BCUT2D eigenvalue weighted by Gasteiger charge is 2.25. The number of nitrogens with one attached hydrogen (secondary N) is 1. The molecule has 1 saturated heterocycles. The lowest BCUT2D eigenvalue weighted by Gasteiger charge is -2.33. The zero-order valence-electron chi connectivity index (χ0n) is 9.99. The molecule has 0 saturated carbocycles. The molecule has 0 amide bonds. The Balaban J connectivity index is 2.29. The minimum Gasteiger partial charge on any atom is -0.379 e. The molecule has 0 aromatic carbocycles. The van der Waals surface area contributed by atoms with Gasteiger partial charge in [-0.15, -0.1) is 0 Å². The Morgan fingerprint density at radius 2 is 2.20 bits per heavy atom. The van der Waals surface area contributed by atoms with Gasteiger partial charge in [0.2, 0.25) is 0 Å². The zero-order chi connectivity index (χ0) is 11.4. The molecule has 88 valence electrons. The average Bonchev–Trinajstić information content (AvgIpc) is 2.15. The van der Waals surface area contributed by atoms with Gasteiger partial charge in [-0.25, -0.2) is 0 Å². The maximum atomic E-state index is 11.1. The number of hydrogen-bond donors (Lipinski definition) is 2. The van der Waals surface area contributed by atoms with Crippen LogP contribution in [0.25, 0.3) is 0 Å². The molecular weight excluding hydrogens is 190 g/mol.